The monoisotopic (exact) mass is 448 g/mol. The lowest BCUT2D eigenvalue weighted by molar-refractivity contribution is 0.415. The molecule has 28 heavy (non-hydrogen) atoms. The van der Waals surface area contributed by atoms with Crippen molar-refractivity contribution in [2.75, 3.05) is 25.7 Å². The molecule has 146 valence electrons. The van der Waals surface area contributed by atoms with E-state index < -0.39 is 0 Å². The molecule has 0 saturated heterocycles. The molecular weight excluding hydrogens is 429 g/mol. The van der Waals surface area contributed by atoms with E-state index in [9.17, 15) is 0 Å². The average Bonchev–Trinajstić information content (AvgIpc) is 3.32. The number of hydrogen-bond acceptors (Lipinski definition) is 8. The number of benzene rings is 2. The van der Waals surface area contributed by atoms with Gasteiger partial charge in [-0.3, -0.25) is 0 Å². The Morgan fingerprint density at radius 2 is 1.21 bits per heavy atom. The normalized spacial score (nSPS) is 11.4. The highest BCUT2D eigenvalue weighted by molar-refractivity contribution is 8.01. The van der Waals surface area contributed by atoms with E-state index in [-0.39, 0.29) is 0 Å². The van der Waals surface area contributed by atoms with Crippen LogP contribution >= 0.6 is 46.2 Å². The summed E-state index contributed by atoms with van der Waals surface area (Å²) >= 11 is 7.17. The van der Waals surface area contributed by atoms with Gasteiger partial charge in [-0.05, 0) is 49.2 Å². The number of hydrogen-bond donors (Lipinski definition) is 0. The minimum Gasteiger partial charge on any atom is -0.497 e. The smallest absolute Gasteiger partial charge is 0.151 e. The Balaban J connectivity index is 1.22. The molecule has 2 aromatic carbocycles. The Morgan fingerprint density at radius 3 is 1.64 bits per heavy atom. The molecule has 0 aliphatic heterocycles. The van der Waals surface area contributed by atoms with Gasteiger partial charge in [0.05, 0.1) is 34.7 Å². The minimum atomic E-state index is 0.887. The van der Waals surface area contributed by atoms with E-state index in [0.717, 1.165) is 42.7 Å². The van der Waals surface area contributed by atoms with Crippen LogP contribution in [0.15, 0.2) is 45.1 Å². The van der Waals surface area contributed by atoms with Crippen LogP contribution < -0.4 is 9.47 Å². The first kappa shape index (κ1) is 19.8. The van der Waals surface area contributed by atoms with Crippen molar-refractivity contribution in [2.45, 2.75) is 21.5 Å². The second kappa shape index (κ2) is 9.35. The van der Waals surface area contributed by atoms with Crippen molar-refractivity contribution in [2.24, 2.45) is 0 Å². The van der Waals surface area contributed by atoms with Crippen molar-refractivity contribution in [3.05, 3.63) is 36.4 Å². The maximum atomic E-state index is 5.28. The lowest BCUT2D eigenvalue weighted by Gasteiger charge is -1.98. The summed E-state index contributed by atoms with van der Waals surface area (Å²) in [5.41, 5.74) is 2.10. The SMILES string of the molecule is COc1ccc2nc(SCCCCSc3nc4ccc(OC)cc4s3)sc2c1. The zero-order chi connectivity index (χ0) is 19.3. The van der Waals surface area contributed by atoms with Crippen LogP contribution in [-0.4, -0.2) is 35.7 Å². The highest BCUT2D eigenvalue weighted by atomic mass is 32.2. The number of rotatable bonds is 9. The topological polar surface area (TPSA) is 44.2 Å². The quantitative estimate of drug-likeness (QED) is 0.213. The van der Waals surface area contributed by atoms with Gasteiger partial charge in [0.15, 0.2) is 8.68 Å². The summed E-state index contributed by atoms with van der Waals surface area (Å²) in [6.45, 7) is 0. The minimum absolute atomic E-state index is 0.887. The molecule has 0 unspecified atom stereocenters. The molecule has 0 aliphatic carbocycles. The Labute approximate surface area is 180 Å². The van der Waals surface area contributed by atoms with Gasteiger partial charge < -0.3 is 9.47 Å². The summed E-state index contributed by atoms with van der Waals surface area (Å²) in [7, 11) is 3.39. The first-order chi connectivity index (χ1) is 13.7. The molecule has 8 heteroatoms. The van der Waals surface area contributed by atoms with E-state index >= 15 is 0 Å². The van der Waals surface area contributed by atoms with Crippen molar-refractivity contribution in [3.63, 3.8) is 0 Å². The molecule has 0 atom stereocenters. The van der Waals surface area contributed by atoms with Crippen LogP contribution in [0.5, 0.6) is 11.5 Å². The average molecular weight is 449 g/mol. The number of thiazole rings is 2. The van der Waals surface area contributed by atoms with Crippen LogP contribution in [0.1, 0.15) is 12.8 Å². The van der Waals surface area contributed by atoms with E-state index in [1.807, 2.05) is 47.8 Å². The van der Waals surface area contributed by atoms with Crippen LogP contribution in [0.25, 0.3) is 20.4 Å². The molecule has 0 N–H and O–H groups in total. The van der Waals surface area contributed by atoms with E-state index in [1.54, 1.807) is 36.9 Å². The van der Waals surface area contributed by atoms with E-state index in [1.165, 1.54) is 22.2 Å². The standard InChI is InChI=1S/C20H20N2O2S4/c1-23-13-5-7-15-17(11-13)27-19(21-15)25-9-3-4-10-26-20-22-16-8-6-14(24-2)12-18(16)28-20/h5-8,11-12H,3-4,9-10H2,1-2H3. The number of fused-ring (bicyclic) bond motifs is 2. The molecule has 2 aromatic heterocycles. The van der Waals surface area contributed by atoms with Gasteiger partial charge in [-0.25, -0.2) is 9.97 Å². The molecule has 0 radical (unpaired) electrons. The Hall–Kier alpha value is -1.48. The lowest BCUT2D eigenvalue weighted by atomic mass is 10.3. The molecule has 4 rings (SSSR count). The Morgan fingerprint density at radius 1 is 0.750 bits per heavy atom. The zero-order valence-electron chi connectivity index (χ0n) is 15.6. The number of aromatic nitrogens is 2. The van der Waals surface area contributed by atoms with Crippen molar-refractivity contribution in [3.8, 4) is 11.5 Å². The van der Waals surface area contributed by atoms with Gasteiger partial charge in [0, 0.05) is 11.5 Å². The molecule has 0 saturated carbocycles. The van der Waals surface area contributed by atoms with E-state index in [4.69, 9.17) is 19.4 Å². The van der Waals surface area contributed by atoms with Crippen molar-refractivity contribution in [1.29, 1.82) is 0 Å². The fraction of sp³-hybridized carbons (Fsp3) is 0.300. The van der Waals surface area contributed by atoms with Crippen molar-refractivity contribution >= 4 is 66.6 Å². The molecule has 0 spiro atoms. The summed E-state index contributed by atoms with van der Waals surface area (Å²) in [5, 5.41) is 0. The van der Waals surface area contributed by atoms with Gasteiger partial charge in [0.1, 0.15) is 11.5 Å². The van der Waals surface area contributed by atoms with Gasteiger partial charge in [0.2, 0.25) is 0 Å². The lowest BCUT2D eigenvalue weighted by Crippen LogP contribution is -1.84. The van der Waals surface area contributed by atoms with Gasteiger partial charge in [-0.15, -0.1) is 22.7 Å². The van der Waals surface area contributed by atoms with Crippen LogP contribution in [0.4, 0.5) is 0 Å². The number of thioether (sulfide) groups is 2. The maximum absolute atomic E-state index is 5.28. The van der Waals surface area contributed by atoms with Crippen LogP contribution in [0.2, 0.25) is 0 Å². The van der Waals surface area contributed by atoms with E-state index in [0.29, 0.717) is 0 Å². The summed E-state index contributed by atoms with van der Waals surface area (Å²) in [6, 6.07) is 12.1. The third kappa shape index (κ3) is 4.74. The van der Waals surface area contributed by atoms with Gasteiger partial charge >= 0.3 is 0 Å². The molecule has 2 heterocycles. The third-order valence-electron chi connectivity index (χ3n) is 4.14. The second-order valence-electron chi connectivity index (χ2n) is 6.03. The molecule has 0 aliphatic rings. The molecule has 0 amide bonds. The fourth-order valence-corrected chi connectivity index (χ4v) is 7.00. The largest absolute Gasteiger partial charge is 0.497 e. The zero-order valence-corrected chi connectivity index (χ0v) is 18.9. The molecule has 4 aromatic rings. The number of methoxy groups -OCH3 is 2. The molecular formula is C20H20N2O2S4. The highest BCUT2D eigenvalue weighted by Crippen LogP contribution is 2.34. The predicted octanol–water partition coefficient (Wildman–Crippen LogP) is 6.59. The van der Waals surface area contributed by atoms with Gasteiger partial charge in [0.25, 0.3) is 0 Å². The molecule has 0 bridgehead atoms. The maximum Gasteiger partial charge on any atom is 0.151 e. The predicted molar refractivity (Wildman–Crippen MR) is 123 cm³/mol. The summed E-state index contributed by atoms with van der Waals surface area (Å²) in [6.07, 6.45) is 2.35. The summed E-state index contributed by atoms with van der Waals surface area (Å²) in [4.78, 5) is 9.39. The Bertz CT molecular complexity index is 991. The molecule has 0 fully saturated rings. The summed E-state index contributed by atoms with van der Waals surface area (Å²) < 4.78 is 15.2. The number of ether oxygens (including phenoxy) is 2. The number of unbranched alkanes of at least 4 members (excludes halogenated alkanes) is 1. The van der Waals surface area contributed by atoms with Crippen molar-refractivity contribution in [1.82, 2.24) is 9.97 Å². The first-order valence-corrected chi connectivity index (χ1v) is 12.5. The van der Waals surface area contributed by atoms with E-state index in [2.05, 4.69) is 12.1 Å². The highest BCUT2D eigenvalue weighted by Gasteiger charge is 2.07. The number of nitrogens with zero attached hydrogens (tertiary/aromatic N) is 2. The van der Waals surface area contributed by atoms with Crippen molar-refractivity contribution < 1.29 is 9.47 Å². The molecule has 4 nitrogen and oxygen atoms in total. The van der Waals surface area contributed by atoms with Gasteiger partial charge in [-0.2, -0.15) is 0 Å². The Kier molecular flexibility index (Phi) is 6.61. The van der Waals surface area contributed by atoms with Gasteiger partial charge in [-0.1, -0.05) is 23.5 Å². The van der Waals surface area contributed by atoms with Crippen LogP contribution in [0.3, 0.4) is 0 Å². The summed E-state index contributed by atoms with van der Waals surface area (Å²) in [5.74, 6) is 3.96. The second-order valence-corrected chi connectivity index (χ2v) is 10.8. The third-order valence-corrected chi connectivity index (χ3v) is 8.64. The fourth-order valence-electron chi connectivity index (χ4n) is 2.67. The first-order valence-electron chi connectivity index (χ1n) is 8.90. The van der Waals surface area contributed by atoms with Crippen LogP contribution in [-0.2, 0) is 0 Å². The van der Waals surface area contributed by atoms with Crippen LogP contribution in [0, 0.1) is 0 Å².